The molecule has 1 heterocycles. The highest BCUT2D eigenvalue weighted by atomic mass is 16.5. The van der Waals surface area contributed by atoms with E-state index in [9.17, 15) is 4.79 Å². The van der Waals surface area contributed by atoms with Crippen LogP contribution < -0.4 is 20.1 Å². The molecule has 5 heteroatoms. The van der Waals surface area contributed by atoms with Gasteiger partial charge in [0, 0.05) is 5.69 Å². The van der Waals surface area contributed by atoms with E-state index in [-0.39, 0.29) is 11.9 Å². The van der Waals surface area contributed by atoms with Gasteiger partial charge in [0.2, 0.25) is 5.91 Å². The Kier molecular flexibility index (Phi) is 4.78. The molecule has 0 aliphatic carbocycles. The van der Waals surface area contributed by atoms with E-state index in [0.717, 1.165) is 25.1 Å². The SMILES string of the molecule is COc1ccccc1Oc1ccc(NC(=O)C2CCCN2)cc1. The van der Waals surface area contributed by atoms with Crippen LogP contribution >= 0.6 is 0 Å². The van der Waals surface area contributed by atoms with E-state index in [1.54, 1.807) is 7.11 Å². The molecule has 5 nitrogen and oxygen atoms in total. The summed E-state index contributed by atoms with van der Waals surface area (Å²) in [5, 5.41) is 6.10. The van der Waals surface area contributed by atoms with E-state index < -0.39 is 0 Å². The van der Waals surface area contributed by atoms with Crippen molar-refractivity contribution >= 4 is 11.6 Å². The van der Waals surface area contributed by atoms with Crippen molar-refractivity contribution in [2.45, 2.75) is 18.9 Å². The largest absolute Gasteiger partial charge is 0.493 e. The van der Waals surface area contributed by atoms with Gasteiger partial charge in [-0.15, -0.1) is 0 Å². The normalized spacial score (nSPS) is 16.8. The summed E-state index contributed by atoms with van der Waals surface area (Å²) in [5.41, 5.74) is 0.760. The number of benzene rings is 2. The lowest BCUT2D eigenvalue weighted by atomic mass is 10.2. The lowest BCUT2D eigenvalue weighted by Gasteiger charge is -2.12. The Morgan fingerprint density at radius 1 is 1.13 bits per heavy atom. The van der Waals surface area contributed by atoms with Crippen molar-refractivity contribution in [3.8, 4) is 17.2 Å². The minimum atomic E-state index is -0.0838. The first-order valence-electron chi connectivity index (χ1n) is 7.71. The highest BCUT2D eigenvalue weighted by Gasteiger charge is 2.21. The van der Waals surface area contributed by atoms with Crippen LogP contribution in [-0.2, 0) is 4.79 Å². The minimum Gasteiger partial charge on any atom is -0.493 e. The fraction of sp³-hybridized carbons (Fsp3) is 0.278. The molecular weight excluding hydrogens is 292 g/mol. The molecule has 120 valence electrons. The number of nitrogens with one attached hydrogen (secondary N) is 2. The van der Waals surface area contributed by atoms with Crippen LogP contribution in [0.25, 0.3) is 0 Å². The van der Waals surface area contributed by atoms with Crippen molar-refractivity contribution in [2.24, 2.45) is 0 Å². The zero-order valence-corrected chi connectivity index (χ0v) is 13.0. The fourth-order valence-corrected chi connectivity index (χ4v) is 2.57. The van der Waals surface area contributed by atoms with E-state index in [0.29, 0.717) is 17.2 Å². The quantitative estimate of drug-likeness (QED) is 0.890. The predicted molar refractivity (Wildman–Crippen MR) is 89.2 cm³/mol. The Labute approximate surface area is 135 Å². The van der Waals surface area contributed by atoms with Gasteiger partial charge < -0.3 is 20.1 Å². The van der Waals surface area contributed by atoms with Crippen molar-refractivity contribution in [1.82, 2.24) is 5.32 Å². The molecule has 3 rings (SSSR count). The fourth-order valence-electron chi connectivity index (χ4n) is 2.57. The van der Waals surface area contributed by atoms with Crippen LogP contribution in [-0.4, -0.2) is 25.6 Å². The lowest BCUT2D eigenvalue weighted by Crippen LogP contribution is -2.35. The van der Waals surface area contributed by atoms with E-state index in [4.69, 9.17) is 9.47 Å². The molecule has 23 heavy (non-hydrogen) atoms. The molecule has 2 aromatic rings. The van der Waals surface area contributed by atoms with Gasteiger partial charge in [-0.1, -0.05) is 12.1 Å². The van der Waals surface area contributed by atoms with Gasteiger partial charge >= 0.3 is 0 Å². The summed E-state index contributed by atoms with van der Waals surface area (Å²) in [6, 6.07) is 14.7. The molecule has 0 radical (unpaired) electrons. The van der Waals surface area contributed by atoms with Gasteiger partial charge in [-0.05, 0) is 55.8 Å². The Morgan fingerprint density at radius 3 is 2.52 bits per heavy atom. The van der Waals surface area contributed by atoms with Gasteiger partial charge in [-0.2, -0.15) is 0 Å². The molecule has 1 saturated heterocycles. The Bertz CT molecular complexity index is 664. The lowest BCUT2D eigenvalue weighted by molar-refractivity contribution is -0.117. The van der Waals surface area contributed by atoms with Gasteiger partial charge in [0.1, 0.15) is 5.75 Å². The Hall–Kier alpha value is -2.53. The van der Waals surface area contributed by atoms with Crippen molar-refractivity contribution in [3.63, 3.8) is 0 Å². The number of carbonyl (C=O) groups is 1. The number of hydrogen-bond donors (Lipinski definition) is 2. The van der Waals surface area contributed by atoms with E-state index in [1.807, 2.05) is 48.5 Å². The number of rotatable bonds is 5. The third-order valence-corrected chi connectivity index (χ3v) is 3.80. The maximum atomic E-state index is 12.1. The molecule has 0 saturated carbocycles. The van der Waals surface area contributed by atoms with Crippen molar-refractivity contribution in [1.29, 1.82) is 0 Å². The maximum Gasteiger partial charge on any atom is 0.241 e. The summed E-state index contributed by atoms with van der Waals surface area (Å²) >= 11 is 0. The van der Waals surface area contributed by atoms with Crippen LogP contribution in [0.4, 0.5) is 5.69 Å². The van der Waals surface area contributed by atoms with Crippen LogP contribution in [0.2, 0.25) is 0 Å². The number of anilines is 1. The molecular formula is C18H20N2O3. The van der Waals surface area contributed by atoms with Gasteiger partial charge in [0.05, 0.1) is 13.2 Å². The average molecular weight is 312 g/mol. The summed E-state index contributed by atoms with van der Waals surface area (Å²) in [4.78, 5) is 12.1. The molecule has 1 aliphatic rings. The molecule has 2 aromatic carbocycles. The van der Waals surface area contributed by atoms with Crippen molar-refractivity contribution in [3.05, 3.63) is 48.5 Å². The molecule has 1 atom stereocenters. The number of ether oxygens (including phenoxy) is 2. The Balaban J connectivity index is 1.63. The first kappa shape index (κ1) is 15.4. The highest BCUT2D eigenvalue weighted by molar-refractivity contribution is 5.95. The summed E-state index contributed by atoms with van der Waals surface area (Å²) in [6.07, 6.45) is 1.94. The first-order chi connectivity index (χ1) is 11.3. The van der Waals surface area contributed by atoms with Crippen LogP contribution in [0.15, 0.2) is 48.5 Å². The standard InChI is InChI=1S/C18H20N2O3/c1-22-16-6-2-3-7-17(16)23-14-10-8-13(9-11-14)20-18(21)15-5-4-12-19-15/h2-3,6-11,15,19H,4-5,12H2,1H3,(H,20,21). The molecule has 1 unspecified atom stereocenters. The van der Waals surface area contributed by atoms with Gasteiger partial charge in [0.25, 0.3) is 0 Å². The summed E-state index contributed by atoms with van der Waals surface area (Å²) < 4.78 is 11.1. The van der Waals surface area contributed by atoms with Gasteiger partial charge in [-0.3, -0.25) is 4.79 Å². The van der Waals surface area contributed by atoms with E-state index in [1.165, 1.54) is 0 Å². The number of para-hydroxylation sites is 2. The second kappa shape index (κ2) is 7.15. The molecule has 0 bridgehead atoms. The average Bonchev–Trinajstić information content (AvgIpc) is 3.12. The summed E-state index contributed by atoms with van der Waals surface area (Å²) in [5.74, 6) is 2.03. The molecule has 0 aromatic heterocycles. The third kappa shape index (κ3) is 3.81. The van der Waals surface area contributed by atoms with Gasteiger partial charge in [-0.25, -0.2) is 0 Å². The molecule has 1 amide bonds. The summed E-state index contributed by atoms with van der Waals surface area (Å²) in [7, 11) is 1.61. The monoisotopic (exact) mass is 312 g/mol. The van der Waals surface area contributed by atoms with E-state index in [2.05, 4.69) is 10.6 Å². The van der Waals surface area contributed by atoms with Crippen LogP contribution in [0, 0.1) is 0 Å². The van der Waals surface area contributed by atoms with Crippen molar-refractivity contribution in [2.75, 3.05) is 19.0 Å². The number of hydrogen-bond acceptors (Lipinski definition) is 4. The summed E-state index contributed by atoms with van der Waals surface area (Å²) in [6.45, 7) is 0.907. The minimum absolute atomic E-state index is 0.0147. The zero-order valence-electron chi connectivity index (χ0n) is 13.0. The first-order valence-corrected chi connectivity index (χ1v) is 7.71. The molecule has 2 N–H and O–H groups in total. The van der Waals surface area contributed by atoms with Crippen molar-refractivity contribution < 1.29 is 14.3 Å². The van der Waals surface area contributed by atoms with Gasteiger partial charge in [0.15, 0.2) is 11.5 Å². The zero-order chi connectivity index (χ0) is 16.1. The second-order valence-electron chi connectivity index (χ2n) is 5.42. The Morgan fingerprint density at radius 2 is 1.87 bits per heavy atom. The molecule has 0 spiro atoms. The van der Waals surface area contributed by atoms with Crippen LogP contribution in [0.5, 0.6) is 17.2 Å². The second-order valence-corrected chi connectivity index (χ2v) is 5.42. The van der Waals surface area contributed by atoms with E-state index >= 15 is 0 Å². The van der Waals surface area contributed by atoms with Crippen LogP contribution in [0.3, 0.4) is 0 Å². The number of methoxy groups -OCH3 is 1. The molecule has 1 fully saturated rings. The molecule has 1 aliphatic heterocycles. The third-order valence-electron chi connectivity index (χ3n) is 3.80. The van der Waals surface area contributed by atoms with Crippen LogP contribution in [0.1, 0.15) is 12.8 Å². The topological polar surface area (TPSA) is 59.6 Å². The predicted octanol–water partition coefficient (Wildman–Crippen LogP) is 3.18. The number of amides is 1. The smallest absolute Gasteiger partial charge is 0.241 e. The maximum absolute atomic E-state index is 12.1. The highest BCUT2D eigenvalue weighted by Crippen LogP contribution is 2.31. The number of carbonyl (C=O) groups excluding carboxylic acids is 1.